The van der Waals surface area contributed by atoms with Crippen molar-refractivity contribution in [2.45, 2.75) is 32.9 Å². The van der Waals surface area contributed by atoms with Gasteiger partial charge in [-0.15, -0.1) is 0 Å². The monoisotopic (exact) mass is 466 g/mol. The van der Waals surface area contributed by atoms with Crippen molar-refractivity contribution < 1.29 is 4.79 Å². The lowest BCUT2D eigenvalue weighted by Gasteiger charge is -2.32. The van der Waals surface area contributed by atoms with Crippen LogP contribution in [0.2, 0.25) is 0 Å². The zero-order chi connectivity index (χ0) is 24.2. The molecular formula is C29H30N4O2. The fourth-order valence-corrected chi connectivity index (χ4v) is 4.70. The Bertz CT molecular complexity index is 1370. The second-order valence-corrected chi connectivity index (χ2v) is 9.27. The van der Waals surface area contributed by atoms with Gasteiger partial charge in [0.25, 0.3) is 5.56 Å². The summed E-state index contributed by atoms with van der Waals surface area (Å²) < 4.78 is 1.81. The van der Waals surface area contributed by atoms with E-state index >= 15 is 0 Å². The lowest BCUT2D eigenvalue weighted by Crippen LogP contribution is -2.43. The molecule has 0 aliphatic carbocycles. The van der Waals surface area contributed by atoms with Gasteiger partial charge in [-0.05, 0) is 43.0 Å². The van der Waals surface area contributed by atoms with Crippen molar-refractivity contribution in [2.75, 3.05) is 18.0 Å². The first-order chi connectivity index (χ1) is 17.1. The fraction of sp³-hybridized carbons (Fsp3) is 0.276. The third kappa shape index (κ3) is 5.11. The molecule has 0 saturated carbocycles. The van der Waals surface area contributed by atoms with Gasteiger partial charge in [0.1, 0.15) is 0 Å². The SMILES string of the molecule is Cc1ccc(CNC(=O)C2CCN(c3nc4ccccc4n(Cc4ccccc4)c3=O)CC2)cc1. The molecule has 1 saturated heterocycles. The van der Waals surface area contributed by atoms with Gasteiger partial charge in [0.2, 0.25) is 5.91 Å². The summed E-state index contributed by atoms with van der Waals surface area (Å²) in [5.41, 5.74) is 4.92. The molecule has 0 spiro atoms. The molecule has 0 bridgehead atoms. The van der Waals surface area contributed by atoms with E-state index in [2.05, 4.69) is 24.4 Å². The van der Waals surface area contributed by atoms with Crippen molar-refractivity contribution >= 4 is 22.8 Å². The molecule has 2 heterocycles. The number of rotatable bonds is 6. The Morgan fingerprint density at radius 3 is 2.34 bits per heavy atom. The van der Waals surface area contributed by atoms with E-state index in [4.69, 9.17) is 4.98 Å². The van der Waals surface area contributed by atoms with Gasteiger partial charge in [-0.25, -0.2) is 4.98 Å². The van der Waals surface area contributed by atoms with Gasteiger partial charge in [0.15, 0.2) is 5.82 Å². The van der Waals surface area contributed by atoms with Crippen LogP contribution in [0.25, 0.3) is 11.0 Å². The summed E-state index contributed by atoms with van der Waals surface area (Å²) in [5.74, 6) is 0.500. The van der Waals surface area contributed by atoms with Gasteiger partial charge >= 0.3 is 0 Å². The number of anilines is 1. The van der Waals surface area contributed by atoms with Gasteiger partial charge in [-0.3, -0.25) is 14.2 Å². The number of nitrogens with zero attached hydrogens (tertiary/aromatic N) is 3. The number of nitrogens with one attached hydrogen (secondary N) is 1. The summed E-state index contributed by atoms with van der Waals surface area (Å²) in [4.78, 5) is 33.1. The van der Waals surface area contributed by atoms with E-state index in [0.717, 1.165) is 22.2 Å². The molecule has 1 aromatic heterocycles. The number of aromatic nitrogens is 2. The van der Waals surface area contributed by atoms with E-state index in [0.29, 0.717) is 44.8 Å². The Kier molecular flexibility index (Phi) is 6.62. The lowest BCUT2D eigenvalue weighted by atomic mass is 9.96. The summed E-state index contributed by atoms with van der Waals surface area (Å²) in [6.45, 7) is 4.35. The molecule has 6 heteroatoms. The molecule has 1 N–H and O–H groups in total. The average molecular weight is 467 g/mol. The predicted octanol–water partition coefficient (Wildman–Crippen LogP) is 4.29. The molecule has 6 nitrogen and oxygen atoms in total. The molecular weight excluding hydrogens is 436 g/mol. The number of hydrogen-bond acceptors (Lipinski definition) is 4. The number of amides is 1. The number of para-hydroxylation sites is 2. The van der Waals surface area contributed by atoms with Crippen LogP contribution in [-0.2, 0) is 17.9 Å². The van der Waals surface area contributed by atoms with E-state index < -0.39 is 0 Å². The van der Waals surface area contributed by atoms with Crippen LogP contribution in [0.4, 0.5) is 5.82 Å². The summed E-state index contributed by atoms with van der Waals surface area (Å²) >= 11 is 0. The molecule has 1 aliphatic heterocycles. The Balaban J connectivity index is 1.30. The maximum Gasteiger partial charge on any atom is 0.294 e. The standard InChI is InChI=1S/C29H30N4O2/c1-21-11-13-22(14-12-21)19-30-28(34)24-15-17-32(18-16-24)27-29(35)33(20-23-7-3-2-4-8-23)26-10-6-5-9-25(26)31-27/h2-14,24H,15-20H2,1H3,(H,30,34). The summed E-state index contributed by atoms with van der Waals surface area (Å²) in [7, 11) is 0. The quantitative estimate of drug-likeness (QED) is 0.461. The van der Waals surface area contributed by atoms with Crippen LogP contribution in [0.3, 0.4) is 0 Å². The van der Waals surface area contributed by atoms with E-state index in [-0.39, 0.29) is 17.4 Å². The highest BCUT2D eigenvalue weighted by molar-refractivity contribution is 5.79. The van der Waals surface area contributed by atoms with Gasteiger partial charge in [0.05, 0.1) is 17.6 Å². The second kappa shape index (κ2) is 10.1. The van der Waals surface area contributed by atoms with Gasteiger partial charge in [0, 0.05) is 25.6 Å². The van der Waals surface area contributed by atoms with Crippen molar-refractivity contribution in [1.29, 1.82) is 0 Å². The number of carbonyl (C=O) groups is 1. The molecule has 5 rings (SSSR count). The van der Waals surface area contributed by atoms with Gasteiger partial charge in [-0.1, -0.05) is 72.3 Å². The molecule has 4 aromatic rings. The molecule has 1 aliphatic rings. The number of piperidine rings is 1. The molecule has 1 amide bonds. The Hall–Kier alpha value is -3.93. The van der Waals surface area contributed by atoms with Crippen LogP contribution in [-0.4, -0.2) is 28.5 Å². The molecule has 0 radical (unpaired) electrons. The minimum atomic E-state index is -0.0881. The number of benzene rings is 3. The molecule has 1 fully saturated rings. The van der Waals surface area contributed by atoms with E-state index in [1.54, 1.807) is 0 Å². The van der Waals surface area contributed by atoms with Crippen LogP contribution in [0.5, 0.6) is 0 Å². The first-order valence-electron chi connectivity index (χ1n) is 12.2. The smallest absolute Gasteiger partial charge is 0.294 e. The summed E-state index contributed by atoms with van der Waals surface area (Å²) in [6.07, 6.45) is 1.40. The number of fused-ring (bicyclic) bond motifs is 1. The van der Waals surface area contributed by atoms with Crippen molar-refractivity contribution in [3.63, 3.8) is 0 Å². The van der Waals surface area contributed by atoms with E-state index in [1.807, 2.05) is 76.2 Å². The zero-order valence-electron chi connectivity index (χ0n) is 20.0. The Labute approximate surface area is 205 Å². The highest BCUT2D eigenvalue weighted by atomic mass is 16.2. The van der Waals surface area contributed by atoms with E-state index in [9.17, 15) is 9.59 Å². The third-order valence-electron chi connectivity index (χ3n) is 6.77. The first kappa shape index (κ1) is 22.8. The number of hydrogen-bond donors (Lipinski definition) is 1. The molecule has 0 atom stereocenters. The Morgan fingerprint density at radius 2 is 1.60 bits per heavy atom. The van der Waals surface area contributed by atoms with Crippen molar-refractivity contribution in [2.24, 2.45) is 5.92 Å². The van der Waals surface area contributed by atoms with Crippen LogP contribution >= 0.6 is 0 Å². The van der Waals surface area contributed by atoms with Gasteiger partial charge in [-0.2, -0.15) is 0 Å². The summed E-state index contributed by atoms with van der Waals surface area (Å²) in [6, 6.07) is 26.0. The number of carbonyl (C=O) groups excluding carboxylic acids is 1. The molecule has 0 unspecified atom stereocenters. The van der Waals surface area contributed by atoms with Crippen molar-refractivity contribution in [3.05, 3.63) is 106 Å². The third-order valence-corrected chi connectivity index (χ3v) is 6.77. The van der Waals surface area contributed by atoms with Crippen LogP contribution in [0, 0.1) is 12.8 Å². The lowest BCUT2D eigenvalue weighted by molar-refractivity contribution is -0.125. The van der Waals surface area contributed by atoms with Crippen molar-refractivity contribution in [3.8, 4) is 0 Å². The van der Waals surface area contributed by atoms with Crippen LogP contribution in [0.1, 0.15) is 29.5 Å². The maximum atomic E-state index is 13.6. The second-order valence-electron chi connectivity index (χ2n) is 9.27. The molecule has 35 heavy (non-hydrogen) atoms. The predicted molar refractivity (Wildman–Crippen MR) is 140 cm³/mol. The molecule has 178 valence electrons. The summed E-state index contributed by atoms with van der Waals surface area (Å²) in [5, 5.41) is 3.08. The average Bonchev–Trinajstić information content (AvgIpc) is 2.90. The topological polar surface area (TPSA) is 67.2 Å². The van der Waals surface area contributed by atoms with Crippen molar-refractivity contribution in [1.82, 2.24) is 14.9 Å². The largest absolute Gasteiger partial charge is 0.352 e. The first-order valence-corrected chi connectivity index (χ1v) is 12.2. The minimum absolute atomic E-state index is 0.0521. The highest BCUT2D eigenvalue weighted by Crippen LogP contribution is 2.22. The maximum absolute atomic E-state index is 13.6. The Morgan fingerprint density at radius 1 is 0.914 bits per heavy atom. The number of aryl methyl sites for hydroxylation is 1. The fourth-order valence-electron chi connectivity index (χ4n) is 4.70. The van der Waals surface area contributed by atoms with Crippen LogP contribution in [0.15, 0.2) is 83.7 Å². The van der Waals surface area contributed by atoms with Crippen LogP contribution < -0.4 is 15.8 Å². The minimum Gasteiger partial charge on any atom is -0.352 e. The highest BCUT2D eigenvalue weighted by Gasteiger charge is 2.27. The zero-order valence-corrected chi connectivity index (χ0v) is 20.0. The van der Waals surface area contributed by atoms with E-state index in [1.165, 1.54) is 5.56 Å². The van der Waals surface area contributed by atoms with Gasteiger partial charge < -0.3 is 10.2 Å². The normalized spacial score (nSPS) is 14.3. The molecule has 3 aromatic carbocycles.